The van der Waals surface area contributed by atoms with Crippen LogP contribution in [0, 0.1) is 0 Å². The van der Waals surface area contributed by atoms with Crippen molar-refractivity contribution < 1.29 is 42.9 Å². The quantitative estimate of drug-likeness (QED) is 0.0213. The molecule has 0 bridgehead atoms. The second-order valence-corrected chi connectivity index (χ2v) is 16.7. The van der Waals surface area contributed by atoms with Gasteiger partial charge in [-0.25, -0.2) is 4.79 Å². The number of likely N-dealkylation sites (N-methyl/N-ethyl adjacent to an activating group) is 1. The molecule has 9 heteroatoms. The van der Waals surface area contributed by atoms with E-state index >= 15 is 0 Å². The fourth-order valence-corrected chi connectivity index (χ4v) is 6.02. The first-order chi connectivity index (χ1) is 29.6. The Hall–Kier alpha value is -3.53. The van der Waals surface area contributed by atoms with Gasteiger partial charge in [-0.15, -0.1) is 0 Å². The van der Waals surface area contributed by atoms with Crippen LogP contribution in [0.3, 0.4) is 0 Å². The summed E-state index contributed by atoms with van der Waals surface area (Å²) in [4.78, 5) is 37.2. The number of carbonyl (C=O) groups is 3. The lowest BCUT2D eigenvalue weighted by molar-refractivity contribution is -0.870. The summed E-state index contributed by atoms with van der Waals surface area (Å²) in [5.41, 5.74) is 0. The number of carboxylic acids is 1. The number of carbonyl (C=O) groups excluding carboxylic acids is 2. The van der Waals surface area contributed by atoms with Crippen LogP contribution in [0.25, 0.3) is 0 Å². The summed E-state index contributed by atoms with van der Waals surface area (Å²) < 4.78 is 22.7. The maximum Gasteiger partial charge on any atom is 0.361 e. The number of hydrogen-bond donors (Lipinski definition) is 1. The van der Waals surface area contributed by atoms with Gasteiger partial charge in [0, 0.05) is 12.8 Å². The Bertz CT molecular complexity index is 1270. The van der Waals surface area contributed by atoms with E-state index in [2.05, 4.69) is 98.9 Å². The number of esters is 2. The standard InChI is InChI=1S/C52H87NO8/c1-6-8-10-12-14-16-18-20-22-24-25-27-29-31-33-35-37-39-41-43-50(55)61-48(47-60-52(51(56)57)58-45-44-53(3,4)5)46-59-49(54)42-40-38-36-34-32-30-28-26-23-21-19-17-15-13-11-9-7-2/h8-11,14-17,20-23,25,27,48,52H,6-7,12-13,18-19,24,26,28-47H2,1-5H3/p+1/b10-8-,11-9-,16-14-,17-15-,22-20-,23-21-,27-25-. The van der Waals surface area contributed by atoms with Crippen molar-refractivity contribution in [2.75, 3.05) is 47.5 Å². The summed E-state index contributed by atoms with van der Waals surface area (Å²) in [6.45, 7) is 4.60. The summed E-state index contributed by atoms with van der Waals surface area (Å²) in [6, 6.07) is 0. The second kappa shape index (κ2) is 43.1. The van der Waals surface area contributed by atoms with E-state index in [9.17, 15) is 19.5 Å². The summed E-state index contributed by atoms with van der Waals surface area (Å²) in [5, 5.41) is 9.65. The monoisotopic (exact) mass is 855 g/mol. The lowest BCUT2D eigenvalue weighted by Crippen LogP contribution is -2.40. The largest absolute Gasteiger partial charge is 0.477 e. The van der Waals surface area contributed by atoms with Crippen LogP contribution in [0.2, 0.25) is 0 Å². The van der Waals surface area contributed by atoms with E-state index in [1.54, 1.807) is 0 Å². The lowest BCUT2D eigenvalue weighted by atomic mass is 10.1. The normalized spacial score (nSPS) is 13.7. The van der Waals surface area contributed by atoms with Gasteiger partial charge in [0.15, 0.2) is 6.10 Å². The zero-order valence-corrected chi connectivity index (χ0v) is 39.3. The van der Waals surface area contributed by atoms with Gasteiger partial charge in [-0.2, -0.15) is 0 Å². The second-order valence-electron chi connectivity index (χ2n) is 16.7. The number of hydrogen-bond acceptors (Lipinski definition) is 7. The van der Waals surface area contributed by atoms with Crippen LogP contribution in [0.15, 0.2) is 85.1 Å². The average molecular weight is 855 g/mol. The number of ether oxygens (including phenoxy) is 4. The van der Waals surface area contributed by atoms with E-state index in [4.69, 9.17) is 18.9 Å². The fourth-order valence-electron chi connectivity index (χ4n) is 6.02. The van der Waals surface area contributed by atoms with Gasteiger partial charge in [-0.1, -0.05) is 157 Å². The molecule has 0 radical (unpaired) electrons. The SMILES string of the molecule is CC/C=C\C/C=C\C/C=C\C/C=C\CCCCCCCCC(=O)OC(COC(=O)CCCCCCCCC/C=C\C/C=C\C/C=C\CC)COC(OCC[N+](C)(C)C)C(=O)O. The maximum absolute atomic E-state index is 12.8. The minimum Gasteiger partial charge on any atom is -0.477 e. The predicted octanol–water partition coefficient (Wildman–Crippen LogP) is 12.9. The highest BCUT2D eigenvalue weighted by Gasteiger charge is 2.25. The van der Waals surface area contributed by atoms with Gasteiger partial charge in [0.1, 0.15) is 13.2 Å². The highest BCUT2D eigenvalue weighted by atomic mass is 16.7. The molecular formula is C52H88NO8+. The summed E-state index contributed by atoms with van der Waals surface area (Å²) >= 11 is 0. The number of allylic oxidation sites excluding steroid dienone is 14. The zero-order chi connectivity index (χ0) is 44.9. The van der Waals surface area contributed by atoms with Crippen molar-refractivity contribution in [2.24, 2.45) is 0 Å². The molecule has 0 amide bonds. The van der Waals surface area contributed by atoms with Gasteiger partial charge >= 0.3 is 17.9 Å². The van der Waals surface area contributed by atoms with Gasteiger partial charge in [-0.05, 0) is 83.5 Å². The third-order valence-electron chi connectivity index (χ3n) is 9.65. The number of unbranched alkanes of at least 4 members (excludes halogenated alkanes) is 13. The number of quaternary nitrogens is 1. The van der Waals surface area contributed by atoms with Crippen molar-refractivity contribution in [3.05, 3.63) is 85.1 Å². The van der Waals surface area contributed by atoms with E-state index in [0.29, 0.717) is 17.4 Å². The first-order valence-corrected chi connectivity index (χ1v) is 23.8. The molecule has 0 fully saturated rings. The Morgan fingerprint density at radius 1 is 0.492 bits per heavy atom. The third-order valence-corrected chi connectivity index (χ3v) is 9.65. The van der Waals surface area contributed by atoms with E-state index in [1.807, 2.05) is 21.1 Å². The molecule has 0 spiro atoms. The Morgan fingerprint density at radius 2 is 0.885 bits per heavy atom. The van der Waals surface area contributed by atoms with E-state index in [1.165, 1.54) is 19.3 Å². The van der Waals surface area contributed by atoms with Crippen LogP contribution >= 0.6 is 0 Å². The molecule has 0 aromatic rings. The molecule has 0 aliphatic carbocycles. The van der Waals surface area contributed by atoms with Gasteiger partial charge in [0.05, 0.1) is 34.4 Å². The molecule has 0 aliphatic heterocycles. The highest BCUT2D eigenvalue weighted by Crippen LogP contribution is 2.13. The maximum atomic E-state index is 12.8. The number of carboxylic acid groups (broad SMARTS) is 1. The van der Waals surface area contributed by atoms with Crippen LogP contribution < -0.4 is 0 Å². The van der Waals surface area contributed by atoms with Crippen molar-refractivity contribution in [1.82, 2.24) is 0 Å². The molecule has 348 valence electrons. The number of aliphatic carboxylic acids is 1. The minimum atomic E-state index is -1.52. The van der Waals surface area contributed by atoms with Gasteiger partial charge < -0.3 is 28.5 Å². The molecule has 0 saturated carbocycles. The van der Waals surface area contributed by atoms with Crippen LogP contribution in [0.4, 0.5) is 0 Å². The smallest absolute Gasteiger partial charge is 0.361 e. The van der Waals surface area contributed by atoms with Gasteiger partial charge in [0.25, 0.3) is 6.29 Å². The van der Waals surface area contributed by atoms with E-state index in [-0.39, 0.29) is 38.6 Å². The number of nitrogens with zero attached hydrogens (tertiary/aromatic N) is 1. The highest BCUT2D eigenvalue weighted by molar-refractivity contribution is 5.71. The summed E-state index contributed by atoms with van der Waals surface area (Å²) in [6.07, 6.45) is 52.1. The van der Waals surface area contributed by atoms with Crippen LogP contribution in [0.1, 0.15) is 168 Å². The Morgan fingerprint density at radius 3 is 1.31 bits per heavy atom. The molecule has 0 aromatic heterocycles. The Kier molecular flexibility index (Phi) is 40.6. The average Bonchev–Trinajstić information content (AvgIpc) is 3.22. The third kappa shape index (κ3) is 44.3. The molecule has 9 nitrogen and oxygen atoms in total. The van der Waals surface area contributed by atoms with Crippen LogP contribution in [-0.4, -0.2) is 87.4 Å². The zero-order valence-electron chi connectivity index (χ0n) is 39.3. The van der Waals surface area contributed by atoms with Crippen molar-refractivity contribution in [3.63, 3.8) is 0 Å². The summed E-state index contributed by atoms with van der Waals surface area (Å²) in [7, 11) is 5.94. The van der Waals surface area contributed by atoms with Gasteiger partial charge in [-0.3, -0.25) is 9.59 Å². The topological polar surface area (TPSA) is 108 Å². The molecule has 1 N–H and O–H groups in total. The van der Waals surface area contributed by atoms with Crippen LogP contribution in [0.5, 0.6) is 0 Å². The minimum absolute atomic E-state index is 0.178. The first kappa shape index (κ1) is 57.5. The Balaban J connectivity index is 4.46. The number of rotatable bonds is 42. The van der Waals surface area contributed by atoms with Crippen LogP contribution in [-0.2, 0) is 33.3 Å². The molecule has 0 heterocycles. The molecule has 0 aliphatic rings. The van der Waals surface area contributed by atoms with Crippen molar-refractivity contribution in [3.8, 4) is 0 Å². The summed E-state index contributed by atoms with van der Waals surface area (Å²) in [5.74, 6) is -2.05. The molecular weight excluding hydrogens is 767 g/mol. The van der Waals surface area contributed by atoms with Gasteiger partial charge in [0.2, 0.25) is 0 Å². The molecule has 0 saturated heterocycles. The molecule has 61 heavy (non-hydrogen) atoms. The van der Waals surface area contributed by atoms with E-state index < -0.39 is 24.3 Å². The Labute approximate surface area is 372 Å². The molecule has 0 aromatic carbocycles. The first-order valence-electron chi connectivity index (χ1n) is 23.8. The van der Waals surface area contributed by atoms with Crippen molar-refractivity contribution in [1.29, 1.82) is 0 Å². The fraction of sp³-hybridized carbons (Fsp3) is 0.673. The lowest BCUT2D eigenvalue weighted by Gasteiger charge is -2.25. The molecule has 0 rings (SSSR count). The molecule has 2 unspecified atom stereocenters. The van der Waals surface area contributed by atoms with Crippen molar-refractivity contribution in [2.45, 2.75) is 180 Å². The molecule has 2 atom stereocenters. The van der Waals surface area contributed by atoms with Crippen molar-refractivity contribution >= 4 is 17.9 Å². The van der Waals surface area contributed by atoms with E-state index in [0.717, 1.165) is 116 Å². The predicted molar refractivity (Wildman–Crippen MR) is 253 cm³/mol.